The lowest BCUT2D eigenvalue weighted by molar-refractivity contribution is -0.199. The van der Waals surface area contributed by atoms with Gasteiger partial charge in [0, 0.05) is 0 Å². The normalized spacial score (nSPS) is 9.65. The Hall–Kier alpha value is -2.40. The van der Waals surface area contributed by atoms with Gasteiger partial charge in [-0.2, -0.15) is 26.3 Å². The molecule has 0 radical (unpaired) electrons. The molecule has 0 saturated heterocycles. The molecule has 0 aliphatic heterocycles. The Kier molecular flexibility index (Phi) is 14.7. The van der Waals surface area contributed by atoms with E-state index in [1.54, 1.807) is 0 Å². The van der Waals surface area contributed by atoms with Crippen LogP contribution in [0.2, 0.25) is 0 Å². The Morgan fingerprint density at radius 3 is 1.70 bits per heavy atom. The molecule has 0 fully saturated rings. The quantitative estimate of drug-likeness (QED) is 0.443. The number of carbonyl (C=O) groups is 2. The second-order valence-electron chi connectivity index (χ2n) is 3.01. The summed E-state index contributed by atoms with van der Waals surface area (Å²) in [6, 6.07) is 0. The van der Waals surface area contributed by atoms with E-state index < -0.39 is 30.8 Å². The Bertz CT molecular complexity index is 432. The maximum absolute atomic E-state index is 11.3. The molecule has 0 unspecified atom stereocenters. The van der Waals surface area contributed by atoms with Crippen molar-refractivity contribution in [2.24, 2.45) is 5.73 Å². The van der Waals surface area contributed by atoms with Gasteiger partial charge >= 0.3 is 24.2 Å². The van der Waals surface area contributed by atoms with Crippen molar-refractivity contribution < 1.29 is 40.7 Å². The predicted octanol–water partition coefficient (Wildman–Crippen LogP) is 0.988. The Labute approximate surface area is 128 Å². The number of esters is 1. The van der Waals surface area contributed by atoms with Gasteiger partial charge in [0.05, 0.1) is 19.7 Å². The minimum atomic E-state index is -4.85. The van der Waals surface area contributed by atoms with E-state index >= 15 is 0 Å². The first-order valence-corrected chi connectivity index (χ1v) is 5.54. The first-order chi connectivity index (χ1) is 10.4. The van der Waals surface area contributed by atoms with Gasteiger partial charge < -0.3 is 15.8 Å². The number of halogens is 6. The highest BCUT2D eigenvalue weighted by molar-refractivity contribution is 5.81. The Morgan fingerprint density at radius 2 is 1.52 bits per heavy atom. The molecule has 11 heteroatoms. The first kappa shape index (κ1) is 25.5. The maximum Gasteiger partial charge on any atom is 0.490 e. The van der Waals surface area contributed by atoms with Crippen molar-refractivity contribution in [3.05, 3.63) is 0 Å². The number of rotatable bonds is 2. The zero-order chi connectivity index (χ0) is 19.1. The van der Waals surface area contributed by atoms with E-state index in [1.807, 2.05) is 5.92 Å². The van der Waals surface area contributed by atoms with Crippen molar-refractivity contribution in [1.29, 1.82) is 0 Å². The fraction of sp³-hybridized carbons (Fsp3) is 0.500. The molecule has 0 spiro atoms. The second-order valence-corrected chi connectivity index (χ2v) is 3.01. The van der Waals surface area contributed by atoms with Gasteiger partial charge in [0.15, 0.2) is 0 Å². The van der Waals surface area contributed by atoms with Crippen LogP contribution in [-0.2, 0) is 14.3 Å². The molecular weight excluding hydrogens is 334 g/mol. The first-order valence-electron chi connectivity index (χ1n) is 5.54. The molecule has 0 aliphatic rings. The topological polar surface area (TPSA) is 81.4 Å². The van der Waals surface area contributed by atoms with E-state index in [-0.39, 0.29) is 6.61 Å². The second kappa shape index (κ2) is 13.3. The number of carbonyl (C=O) groups excluding carboxylic acids is 2. The van der Waals surface area contributed by atoms with Crippen molar-refractivity contribution in [3.63, 3.8) is 0 Å². The summed E-state index contributed by atoms with van der Waals surface area (Å²) in [5, 5.41) is 1.47. The van der Waals surface area contributed by atoms with Crippen molar-refractivity contribution >= 4 is 11.9 Å². The van der Waals surface area contributed by atoms with Gasteiger partial charge in [-0.15, -0.1) is 12.8 Å². The van der Waals surface area contributed by atoms with Gasteiger partial charge in [0.25, 0.3) is 0 Å². The average molecular weight is 348 g/mol. The van der Waals surface area contributed by atoms with Gasteiger partial charge in [-0.1, -0.05) is 11.8 Å². The highest BCUT2D eigenvalue weighted by atomic mass is 19.4. The Morgan fingerprint density at radius 1 is 1.09 bits per heavy atom. The zero-order valence-corrected chi connectivity index (χ0v) is 11.8. The van der Waals surface area contributed by atoms with Crippen molar-refractivity contribution in [1.82, 2.24) is 5.32 Å². The largest absolute Gasteiger partial charge is 0.490 e. The summed E-state index contributed by atoms with van der Waals surface area (Å²) in [7, 11) is 0. The fourth-order valence-corrected chi connectivity index (χ4v) is 0.444. The number of terminal acetylenes is 2. The minimum Gasteiger partial charge on any atom is -0.459 e. The van der Waals surface area contributed by atoms with Crippen LogP contribution in [0, 0.1) is 24.7 Å². The lowest BCUT2D eigenvalue weighted by Gasteiger charge is -2.03. The Balaban J connectivity index is -0.000000284. The third-order valence-electron chi connectivity index (χ3n) is 1.23. The maximum atomic E-state index is 11.3. The molecule has 0 bridgehead atoms. The molecular formula is C12H14F6N2O3. The molecule has 0 atom stereocenters. The number of hydrogen-bond donors (Lipinski definition) is 2. The highest BCUT2D eigenvalue weighted by Crippen LogP contribution is 2.15. The van der Waals surface area contributed by atoms with E-state index in [2.05, 4.69) is 23.5 Å². The SMILES string of the molecule is C#CCN.C#CCNC(=O)C(F)(F)F.CCOC(=O)C(F)(F)F. The van der Waals surface area contributed by atoms with Crippen molar-refractivity contribution in [2.45, 2.75) is 19.3 Å². The van der Waals surface area contributed by atoms with Gasteiger partial charge in [-0.25, -0.2) is 4.79 Å². The van der Waals surface area contributed by atoms with Crippen LogP contribution in [0.5, 0.6) is 0 Å². The monoisotopic (exact) mass is 348 g/mol. The molecule has 0 aliphatic carbocycles. The molecule has 0 aromatic carbocycles. The molecule has 3 N–H and O–H groups in total. The van der Waals surface area contributed by atoms with Crippen LogP contribution in [0.4, 0.5) is 26.3 Å². The van der Waals surface area contributed by atoms with Crippen LogP contribution >= 0.6 is 0 Å². The number of nitrogens with one attached hydrogen (secondary N) is 1. The summed E-state index contributed by atoms with van der Waals surface area (Å²) in [6.07, 6.45) is -0.447. The van der Waals surface area contributed by atoms with Crippen molar-refractivity contribution in [3.8, 4) is 24.7 Å². The molecule has 0 rings (SSSR count). The summed E-state index contributed by atoms with van der Waals surface area (Å²) >= 11 is 0. The molecule has 5 nitrogen and oxygen atoms in total. The third-order valence-corrected chi connectivity index (χ3v) is 1.23. The molecule has 23 heavy (non-hydrogen) atoms. The number of ether oxygens (including phenoxy) is 1. The lowest BCUT2D eigenvalue weighted by atomic mass is 10.5. The van der Waals surface area contributed by atoms with Gasteiger partial charge in [-0.05, 0) is 6.92 Å². The molecule has 0 aromatic rings. The molecule has 0 aromatic heterocycles. The van der Waals surface area contributed by atoms with Crippen LogP contribution in [0.15, 0.2) is 0 Å². The molecule has 0 saturated carbocycles. The average Bonchev–Trinajstić information content (AvgIpc) is 2.44. The lowest BCUT2D eigenvalue weighted by Crippen LogP contribution is -2.36. The van der Waals surface area contributed by atoms with E-state index in [1.165, 1.54) is 12.2 Å². The number of nitrogens with two attached hydrogens (primary N) is 1. The standard InChI is InChI=1S/C5H4F3NO.C4H5F3O2.C3H5N/c1-2-3-9-4(10)5(6,7)8;1-2-9-3(8)4(5,6)7;1-2-3-4/h1H,3H2,(H,9,10);2H2,1H3;1H,3-4H2. The minimum absolute atomic E-state index is 0.252. The zero-order valence-electron chi connectivity index (χ0n) is 11.8. The van der Waals surface area contributed by atoms with Crippen LogP contribution in [0.3, 0.4) is 0 Å². The summed E-state index contributed by atoms with van der Waals surface area (Å²) in [5.74, 6) is -0.0960. The molecule has 0 heterocycles. The number of hydrogen-bond acceptors (Lipinski definition) is 4. The summed E-state index contributed by atoms with van der Waals surface area (Å²) < 4.78 is 71.0. The van der Waals surface area contributed by atoms with Gasteiger partial charge in [-0.3, -0.25) is 4.79 Å². The summed E-state index contributed by atoms with van der Waals surface area (Å²) in [5.41, 5.74) is 4.79. The van der Waals surface area contributed by atoms with Gasteiger partial charge in [0.2, 0.25) is 0 Å². The molecule has 1 amide bonds. The fourth-order valence-electron chi connectivity index (χ4n) is 0.444. The van der Waals surface area contributed by atoms with E-state index in [0.29, 0.717) is 6.54 Å². The smallest absolute Gasteiger partial charge is 0.459 e. The summed E-state index contributed by atoms with van der Waals surface area (Å²) in [6.45, 7) is 1.00. The van der Waals surface area contributed by atoms with Crippen molar-refractivity contribution in [2.75, 3.05) is 19.7 Å². The molecule has 132 valence electrons. The predicted molar refractivity (Wildman–Crippen MR) is 68.5 cm³/mol. The van der Waals surface area contributed by atoms with Crippen LogP contribution in [-0.4, -0.2) is 43.9 Å². The van der Waals surface area contributed by atoms with Crippen LogP contribution in [0.25, 0.3) is 0 Å². The van der Waals surface area contributed by atoms with Crippen LogP contribution < -0.4 is 11.1 Å². The van der Waals surface area contributed by atoms with E-state index in [9.17, 15) is 35.9 Å². The van der Waals surface area contributed by atoms with Crippen LogP contribution in [0.1, 0.15) is 6.92 Å². The summed E-state index contributed by atoms with van der Waals surface area (Å²) in [4.78, 5) is 19.6. The van der Waals surface area contributed by atoms with E-state index in [0.717, 1.165) is 0 Å². The van der Waals surface area contributed by atoms with Gasteiger partial charge in [0.1, 0.15) is 0 Å². The number of alkyl halides is 6. The van der Waals surface area contributed by atoms with E-state index in [4.69, 9.17) is 5.73 Å². The number of amides is 1. The third kappa shape index (κ3) is 19.6. The highest BCUT2D eigenvalue weighted by Gasteiger charge is 2.40.